The molecule has 298 valence electrons. The summed E-state index contributed by atoms with van der Waals surface area (Å²) in [6.07, 6.45) is 50.1. The van der Waals surface area contributed by atoms with Crippen LogP contribution in [-0.2, 0) is 32.7 Å². The fourth-order valence-corrected chi connectivity index (χ4v) is 5.17. The summed E-state index contributed by atoms with van der Waals surface area (Å²) in [5.74, 6) is -1.02. The standard InChI is InChI=1S/C43H68NO8P/c1-3-5-7-9-11-13-15-17-19-20-22-23-25-27-29-31-33-35-42(45)49-39-41(40-51-53(47,48)50-38-37-44)52-43(46)36-34-32-30-28-26-24-21-18-16-14-12-10-8-6-4-2/h5-8,11-14,17-19,21-23,26,28,32,34,41H,3-4,9-10,15-16,20,24-25,27,29-31,33,35-40,44H2,1-2H3,(H,47,48)/b7-5-,8-6-,13-11-,14-12-,19-17-,21-18-,23-22-,28-26-,34-32-. The van der Waals surface area contributed by atoms with Gasteiger partial charge in [0.2, 0.25) is 0 Å². The van der Waals surface area contributed by atoms with Crippen molar-refractivity contribution in [2.24, 2.45) is 5.73 Å². The van der Waals surface area contributed by atoms with Gasteiger partial charge >= 0.3 is 19.8 Å². The maximum absolute atomic E-state index is 12.5. The number of hydrogen-bond donors (Lipinski definition) is 2. The minimum Gasteiger partial charge on any atom is -0.462 e. The Morgan fingerprint density at radius 1 is 0.585 bits per heavy atom. The summed E-state index contributed by atoms with van der Waals surface area (Å²) in [5, 5.41) is 0. The average molecular weight is 758 g/mol. The first kappa shape index (κ1) is 49.7. The molecular weight excluding hydrogens is 689 g/mol. The van der Waals surface area contributed by atoms with Gasteiger partial charge in [-0.25, -0.2) is 4.57 Å². The highest BCUT2D eigenvalue weighted by molar-refractivity contribution is 7.47. The maximum atomic E-state index is 12.5. The monoisotopic (exact) mass is 757 g/mol. The van der Waals surface area contributed by atoms with Crippen molar-refractivity contribution in [1.82, 2.24) is 0 Å². The Labute approximate surface area is 320 Å². The van der Waals surface area contributed by atoms with E-state index in [2.05, 4.69) is 105 Å². The minimum absolute atomic E-state index is 0.0145. The Hall–Kier alpha value is -3.33. The predicted molar refractivity (Wildman–Crippen MR) is 219 cm³/mol. The fourth-order valence-electron chi connectivity index (χ4n) is 4.40. The van der Waals surface area contributed by atoms with Crippen LogP contribution in [0.1, 0.15) is 117 Å². The number of rotatable bonds is 34. The summed E-state index contributed by atoms with van der Waals surface area (Å²) in [4.78, 5) is 34.7. The van der Waals surface area contributed by atoms with Gasteiger partial charge in [-0.3, -0.25) is 18.6 Å². The first-order chi connectivity index (χ1) is 25.8. The Kier molecular flexibility index (Phi) is 36.0. The molecule has 0 fully saturated rings. The first-order valence-corrected chi connectivity index (χ1v) is 20.9. The van der Waals surface area contributed by atoms with E-state index in [0.29, 0.717) is 12.8 Å². The van der Waals surface area contributed by atoms with Gasteiger partial charge in [0.25, 0.3) is 0 Å². The lowest BCUT2D eigenvalue weighted by Crippen LogP contribution is -2.29. The molecule has 0 saturated heterocycles. The minimum atomic E-state index is -4.41. The summed E-state index contributed by atoms with van der Waals surface area (Å²) in [6.45, 7) is 3.31. The topological polar surface area (TPSA) is 134 Å². The smallest absolute Gasteiger partial charge is 0.462 e. The highest BCUT2D eigenvalue weighted by atomic mass is 31.2. The number of phosphoric acid groups is 1. The van der Waals surface area contributed by atoms with Crippen LogP contribution in [0.4, 0.5) is 0 Å². The van der Waals surface area contributed by atoms with E-state index in [0.717, 1.165) is 77.0 Å². The molecule has 0 aromatic rings. The van der Waals surface area contributed by atoms with Gasteiger partial charge in [0, 0.05) is 13.0 Å². The Bertz CT molecular complexity index is 1230. The van der Waals surface area contributed by atoms with Gasteiger partial charge < -0.3 is 20.1 Å². The van der Waals surface area contributed by atoms with Gasteiger partial charge in [-0.2, -0.15) is 0 Å². The van der Waals surface area contributed by atoms with Crippen LogP contribution < -0.4 is 5.73 Å². The molecule has 3 N–H and O–H groups in total. The van der Waals surface area contributed by atoms with Gasteiger partial charge in [0.1, 0.15) is 6.61 Å². The quantitative estimate of drug-likeness (QED) is 0.0285. The van der Waals surface area contributed by atoms with E-state index < -0.39 is 32.5 Å². The normalized spacial score (nSPS) is 14.6. The number of ether oxygens (including phenoxy) is 2. The lowest BCUT2D eigenvalue weighted by atomic mass is 10.1. The second-order valence-electron chi connectivity index (χ2n) is 12.0. The molecule has 0 aliphatic rings. The zero-order valence-electron chi connectivity index (χ0n) is 32.4. The zero-order chi connectivity index (χ0) is 38.9. The van der Waals surface area contributed by atoms with Crippen LogP contribution in [0.2, 0.25) is 0 Å². The molecule has 0 spiro atoms. The van der Waals surface area contributed by atoms with Crippen molar-refractivity contribution in [2.45, 2.75) is 123 Å². The summed E-state index contributed by atoms with van der Waals surface area (Å²) >= 11 is 0. The molecule has 0 heterocycles. The van der Waals surface area contributed by atoms with Gasteiger partial charge in [0.05, 0.1) is 19.6 Å². The third-order valence-corrected chi connectivity index (χ3v) is 8.17. The summed E-state index contributed by atoms with van der Waals surface area (Å²) in [7, 11) is -4.41. The van der Waals surface area contributed by atoms with Crippen LogP contribution in [0.25, 0.3) is 0 Å². The SMILES string of the molecule is CC/C=C\C/C=C\C/C=C\C/C=C\C/C=C\CC(=O)OC(COC(=O)CCCCCC/C=C\C/C=C\C/C=C\C/C=C\CC)COP(=O)(O)OCCN. The molecule has 0 rings (SSSR count). The molecule has 0 aromatic heterocycles. The number of unbranched alkanes of at least 4 members (excludes halogenated alkanes) is 4. The first-order valence-electron chi connectivity index (χ1n) is 19.4. The van der Waals surface area contributed by atoms with Crippen molar-refractivity contribution >= 4 is 19.8 Å². The number of allylic oxidation sites excluding steroid dienone is 17. The van der Waals surface area contributed by atoms with E-state index in [1.54, 1.807) is 6.08 Å². The van der Waals surface area contributed by atoms with Crippen molar-refractivity contribution in [2.75, 3.05) is 26.4 Å². The van der Waals surface area contributed by atoms with Crippen LogP contribution >= 0.6 is 7.82 Å². The van der Waals surface area contributed by atoms with Crippen LogP contribution in [0.5, 0.6) is 0 Å². The molecule has 53 heavy (non-hydrogen) atoms. The fraction of sp³-hybridized carbons (Fsp3) is 0.535. The summed E-state index contributed by atoms with van der Waals surface area (Å²) in [6, 6.07) is 0. The van der Waals surface area contributed by atoms with E-state index in [1.165, 1.54) is 0 Å². The second-order valence-corrected chi connectivity index (χ2v) is 13.5. The van der Waals surface area contributed by atoms with Crippen molar-refractivity contribution in [3.63, 3.8) is 0 Å². The maximum Gasteiger partial charge on any atom is 0.472 e. The van der Waals surface area contributed by atoms with E-state index in [9.17, 15) is 19.0 Å². The number of phosphoric ester groups is 1. The number of hydrogen-bond acceptors (Lipinski definition) is 8. The number of carbonyl (C=O) groups is 2. The Morgan fingerprint density at radius 3 is 1.53 bits per heavy atom. The van der Waals surface area contributed by atoms with Crippen molar-refractivity contribution < 1.29 is 37.6 Å². The van der Waals surface area contributed by atoms with Gasteiger partial charge in [-0.05, 0) is 77.0 Å². The van der Waals surface area contributed by atoms with Crippen LogP contribution in [0.3, 0.4) is 0 Å². The molecular formula is C43H68NO8P. The number of carbonyl (C=O) groups excluding carboxylic acids is 2. The summed E-state index contributed by atoms with van der Waals surface area (Å²) < 4.78 is 32.5. The zero-order valence-corrected chi connectivity index (χ0v) is 33.3. The van der Waals surface area contributed by atoms with Gasteiger partial charge in [0.15, 0.2) is 6.10 Å². The highest BCUT2D eigenvalue weighted by Gasteiger charge is 2.25. The molecule has 2 unspecified atom stereocenters. The van der Waals surface area contributed by atoms with E-state index in [-0.39, 0.29) is 32.6 Å². The van der Waals surface area contributed by atoms with Gasteiger partial charge in [-0.1, -0.05) is 136 Å². The highest BCUT2D eigenvalue weighted by Crippen LogP contribution is 2.43. The summed E-state index contributed by atoms with van der Waals surface area (Å²) in [5.41, 5.74) is 5.32. The molecule has 9 nitrogen and oxygen atoms in total. The third kappa shape index (κ3) is 38.2. The van der Waals surface area contributed by atoms with E-state index in [4.69, 9.17) is 24.3 Å². The van der Waals surface area contributed by atoms with Crippen LogP contribution in [0, 0.1) is 0 Å². The second kappa shape index (κ2) is 38.4. The largest absolute Gasteiger partial charge is 0.472 e. The lowest BCUT2D eigenvalue weighted by Gasteiger charge is -2.19. The lowest BCUT2D eigenvalue weighted by molar-refractivity contribution is -0.160. The van der Waals surface area contributed by atoms with Gasteiger partial charge in [-0.15, -0.1) is 0 Å². The predicted octanol–water partition coefficient (Wildman–Crippen LogP) is 10.8. The van der Waals surface area contributed by atoms with E-state index in [1.807, 2.05) is 12.2 Å². The van der Waals surface area contributed by atoms with Crippen molar-refractivity contribution in [1.29, 1.82) is 0 Å². The molecule has 0 aliphatic carbocycles. The molecule has 0 saturated carbocycles. The molecule has 2 atom stereocenters. The number of esters is 2. The molecule has 0 radical (unpaired) electrons. The number of nitrogens with two attached hydrogens (primary N) is 1. The molecule has 0 amide bonds. The molecule has 0 aromatic carbocycles. The average Bonchev–Trinajstić information content (AvgIpc) is 3.14. The Morgan fingerprint density at radius 2 is 1.04 bits per heavy atom. The molecule has 0 bridgehead atoms. The van der Waals surface area contributed by atoms with Crippen LogP contribution in [0.15, 0.2) is 109 Å². The van der Waals surface area contributed by atoms with E-state index >= 15 is 0 Å². The molecule has 10 heteroatoms. The van der Waals surface area contributed by atoms with Crippen LogP contribution in [-0.4, -0.2) is 49.3 Å². The van der Waals surface area contributed by atoms with Crippen molar-refractivity contribution in [3.05, 3.63) is 109 Å². The molecule has 0 aliphatic heterocycles. The Balaban J connectivity index is 4.42. The third-order valence-electron chi connectivity index (χ3n) is 7.19. The van der Waals surface area contributed by atoms with Crippen molar-refractivity contribution in [3.8, 4) is 0 Å².